The van der Waals surface area contributed by atoms with Crippen molar-refractivity contribution in [2.75, 3.05) is 13.2 Å². The van der Waals surface area contributed by atoms with Gasteiger partial charge in [0.1, 0.15) is 13.2 Å². The molecule has 0 aromatic carbocycles. The van der Waals surface area contributed by atoms with E-state index in [9.17, 15) is 14.4 Å². The van der Waals surface area contributed by atoms with Crippen LogP contribution in [0.15, 0.2) is 97.2 Å². The van der Waals surface area contributed by atoms with E-state index in [2.05, 4.69) is 118 Å². The summed E-state index contributed by atoms with van der Waals surface area (Å²) in [6.45, 7) is 6.55. The Morgan fingerprint density at radius 1 is 0.263 bits per heavy atom. The maximum Gasteiger partial charge on any atom is 0.306 e. The van der Waals surface area contributed by atoms with E-state index in [4.69, 9.17) is 14.2 Å². The Labute approximate surface area is 496 Å². The van der Waals surface area contributed by atoms with Crippen molar-refractivity contribution in [3.8, 4) is 0 Å². The van der Waals surface area contributed by atoms with Crippen LogP contribution in [-0.2, 0) is 28.6 Å². The molecule has 0 spiro atoms. The first-order valence-electron chi connectivity index (χ1n) is 34.2. The molecular formula is C74H128O6. The van der Waals surface area contributed by atoms with Gasteiger partial charge in [-0.25, -0.2) is 0 Å². The molecule has 0 aromatic rings. The van der Waals surface area contributed by atoms with Gasteiger partial charge in [-0.2, -0.15) is 0 Å². The van der Waals surface area contributed by atoms with Crippen LogP contribution in [0.25, 0.3) is 0 Å². The van der Waals surface area contributed by atoms with Crippen molar-refractivity contribution in [3.05, 3.63) is 97.2 Å². The van der Waals surface area contributed by atoms with Crippen molar-refractivity contribution >= 4 is 17.9 Å². The lowest BCUT2D eigenvalue weighted by Gasteiger charge is -2.18. The van der Waals surface area contributed by atoms with E-state index in [0.29, 0.717) is 19.3 Å². The lowest BCUT2D eigenvalue weighted by molar-refractivity contribution is -0.167. The summed E-state index contributed by atoms with van der Waals surface area (Å²) in [4.78, 5) is 38.3. The van der Waals surface area contributed by atoms with Gasteiger partial charge in [0.2, 0.25) is 0 Å². The van der Waals surface area contributed by atoms with Crippen LogP contribution in [0.3, 0.4) is 0 Å². The highest BCUT2D eigenvalue weighted by Crippen LogP contribution is 2.17. The summed E-state index contributed by atoms with van der Waals surface area (Å²) in [5, 5.41) is 0. The van der Waals surface area contributed by atoms with E-state index in [1.807, 2.05) is 0 Å². The lowest BCUT2D eigenvalue weighted by Crippen LogP contribution is -2.30. The zero-order valence-electron chi connectivity index (χ0n) is 52.8. The van der Waals surface area contributed by atoms with E-state index >= 15 is 0 Å². The van der Waals surface area contributed by atoms with E-state index in [1.165, 1.54) is 180 Å². The molecule has 0 aliphatic heterocycles. The zero-order chi connectivity index (χ0) is 57.8. The Kier molecular flexibility index (Phi) is 64.7. The third kappa shape index (κ3) is 65.1. The van der Waals surface area contributed by atoms with Crippen LogP contribution in [0.2, 0.25) is 0 Å². The molecule has 0 saturated carbocycles. The van der Waals surface area contributed by atoms with Crippen molar-refractivity contribution in [1.29, 1.82) is 0 Å². The maximum absolute atomic E-state index is 12.9. The van der Waals surface area contributed by atoms with Crippen LogP contribution in [-0.4, -0.2) is 37.2 Å². The minimum absolute atomic E-state index is 0.0746. The third-order valence-electron chi connectivity index (χ3n) is 14.9. The molecule has 0 heterocycles. The maximum atomic E-state index is 12.9. The lowest BCUT2D eigenvalue weighted by atomic mass is 10.0. The number of rotatable bonds is 62. The van der Waals surface area contributed by atoms with Gasteiger partial charge >= 0.3 is 17.9 Å². The fraction of sp³-hybridized carbons (Fsp3) is 0.743. The predicted octanol–water partition coefficient (Wildman–Crippen LogP) is 23.6. The third-order valence-corrected chi connectivity index (χ3v) is 14.9. The zero-order valence-corrected chi connectivity index (χ0v) is 52.8. The summed E-state index contributed by atoms with van der Waals surface area (Å²) in [6.07, 6.45) is 91.5. The smallest absolute Gasteiger partial charge is 0.306 e. The molecule has 0 aliphatic carbocycles. The molecule has 0 bridgehead atoms. The molecule has 0 aliphatic rings. The summed E-state index contributed by atoms with van der Waals surface area (Å²) >= 11 is 0. The van der Waals surface area contributed by atoms with Gasteiger partial charge in [0.25, 0.3) is 0 Å². The van der Waals surface area contributed by atoms with Gasteiger partial charge in [-0.3, -0.25) is 14.4 Å². The number of ether oxygens (including phenoxy) is 3. The largest absolute Gasteiger partial charge is 0.462 e. The van der Waals surface area contributed by atoms with Crippen LogP contribution >= 0.6 is 0 Å². The van der Waals surface area contributed by atoms with Crippen LogP contribution in [0.4, 0.5) is 0 Å². The fourth-order valence-corrected chi connectivity index (χ4v) is 9.76. The van der Waals surface area contributed by atoms with E-state index in [1.54, 1.807) is 0 Å². The molecule has 0 N–H and O–H groups in total. The summed E-state index contributed by atoms with van der Waals surface area (Å²) in [6, 6.07) is 0. The van der Waals surface area contributed by atoms with Gasteiger partial charge in [-0.15, -0.1) is 0 Å². The van der Waals surface area contributed by atoms with Crippen molar-refractivity contribution in [2.24, 2.45) is 0 Å². The molecule has 0 amide bonds. The predicted molar refractivity (Wildman–Crippen MR) is 348 cm³/mol. The molecule has 0 fully saturated rings. The van der Waals surface area contributed by atoms with Gasteiger partial charge in [-0.1, -0.05) is 330 Å². The van der Waals surface area contributed by atoms with Crippen LogP contribution in [0, 0.1) is 0 Å². The molecule has 6 heteroatoms. The van der Waals surface area contributed by atoms with Crippen molar-refractivity contribution in [1.82, 2.24) is 0 Å². The van der Waals surface area contributed by atoms with Gasteiger partial charge in [-0.05, 0) is 83.5 Å². The Morgan fingerprint density at radius 3 is 0.762 bits per heavy atom. The molecule has 0 aromatic heterocycles. The average molecular weight is 1110 g/mol. The summed E-state index contributed by atoms with van der Waals surface area (Å²) < 4.78 is 16.9. The number of carbonyl (C=O) groups excluding carboxylic acids is 3. The standard InChI is InChI=1S/C74H128O6/c1-4-7-10-13-16-19-22-24-26-28-30-31-32-33-34-35-36-37-38-39-40-41-42-43-45-46-48-50-52-55-58-61-64-67-73(76)79-70-71(69-78-72(75)66-63-60-57-54-21-18-15-12-9-6-3)80-74(77)68-65-62-59-56-53-51-49-47-44-29-27-25-23-20-17-14-11-8-5-2/h7,10,16,19,24,26,30-31,33-34,36-37,39-40,42-43,71H,4-6,8-9,11-15,17-18,20-23,25,27-29,32,35,38,41,44-70H2,1-3H3/b10-7-,19-16-,26-24-,31-30-,34-33-,37-36-,40-39-,43-42-. The first-order chi connectivity index (χ1) is 39.5. The van der Waals surface area contributed by atoms with E-state index in [0.717, 1.165) is 116 Å². The second-order valence-corrected chi connectivity index (χ2v) is 22.7. The average Bonchev–Trinajstić information content (AvgIpc) is 3.46. The van der Waals surface area contributed by atoms with Crippen molar-refractivity contribution in [2.45, 2.75) is 341 Å². The molecule has 0 saturated heterocycles. The monoisotopic (exact) mass is 1110 g/mol. The second kappa shape index (κ2) is 67.8. The quantitative estimate of drug-likeness (QED) is 0.0261. The Morgan fingerprint density at radius 2 is 0.487 bits per heavy atom. The molecule has 0 rings (SSSR count). The molecule has 1 atom stereocenters. The first-order valence-corrected chi connectivity index (χ1v) is 34.2. The van der Waals surface area contributed by atoms with E-state index in [-0.39, 0.29) is 31.1 Å². The summed E-state index contributed by atoms with van der Waals surface area (Å²) in [5.41, 5.74) is 0. The van der Waals surface area contributed by atoms with Crippen LogP contribution < -0.4 is 0 Å². The normalized spacial score (nSPS) is 12.7. The Hall–Kier alpha value is -3.67. The molecule has 6 nitrogen and oxygen atoms in total. The van der Waals surface area contributed by atoms with Crippen molar-refractivity contribution < 1.29 is 28.6 Å². The summed E-state index contributed by atoms with van der Waals surface area (Å²) in [7, 11) is 0. The number of hydrogen-bond donors (Lipinski definition) is 0. The number of hydrogen-bond acceptors (Lipinski definition) is 6. The van der Waals surface area contributed by atoms with Crippen LogP contribution in [0.1, 0.15) is 335 Å². The highest BCUT2D eigenvalue weighted by atomic mass is 16.6. The Balaban J connectivity index is 4.20. The van der Waals surface area contributed by atoms with Gasteiger partial charge in [0.15, 0.2) is 6.10 Å². The second-order valence-electron chi connectivity index (χ2n) is 22.7. The fourth-order valence-electron chi connectivity index (χ4n) is 9.76. The SMILES string of the molecule is CC/C=C\C/C=C\C/C=C\C/C=C\C/C=C\C/C=C\C/C=C\C/C=C\CCCCCCCCCCC(=O)OCC(COC(=O)CCCCCCCCCCCC)OC(=O)CCCCCCCCCCCCCCCCCCCCC. The van der Waals surface area contributed by atoms with Gasteiger partial charge in [0.05, 0.1) is 0 Å². The minimum atomic E-state index is -0.777. The molecule has 0 radical (unpaired) electrons. The van der Waals surface area contributed by atoms with Crippen LogP contribution in [0.5, 0.6) is 0 Å². The van der Waals surface area contributed by atoms with Crippen molar-refractivity contribution in [3.63, 3.8) is 0 Å². The van der Waals surface area contributed by atoms with Gasteiger partial charge < -0.3 is 14.2 Å². The topological polar surface area (TPSA) is 78.9 Å². The van der Waals surface area contributed by atoms with E-state index < -0.39 is 6.10 Å². The molecular weight excluding hydrogens is 985 g/mol. The van der Waals surface area contributed by atoms with Gasteiger partial charge in [0, 0.05) is 19.3 Å². The Bertz CT molecular complexity index is 1560. The summed E-state index contributed by atoms with van der Waals surface area (Å²) in [5.74, 6) is -0.869. The molecule has 1 unspecified atom stereocenters. The number of unbranched alkanes of at least 4 members (excludes halogenated alkanes) is 35. The highest BCUT2D eigenvalue weighted by Gasteiger charge is 2.19. The molecule has 80 heavy (non-hydrogen) atoms. The molecule has 460 valence electrons. The first kappa shape index (κ1) is 76.3. The number of allylic oxidation sites excluding steroid dienone is 16. The number of esters is 3. The highest BCUT2D eigenvalue weighted by molar-refractivity contribution is 5.71. The number of carbonyl (C=O) groups is 3. The minimum Gasteiger partial charge on any atom is -0.462 e.